The largest absolute Gasteiger partial charge is 0.381 e. The number of aromatic nitrogens is 4. The summed E-state index contributed by atoms with van der Waals surface area (Å²) in [7, 11) is 0. The first-order valence-electron chi connectivity index (χ1n) is 8.38. The number of aryl methyl sites for hydroxylation is 2. The van der Waals surface area contributed by atoms with Gasteiger partial charge in [0.1, 0.15) is 0 Å². The molecule has 1 atom stereocenters. The summed E-state index contributed by atoms with van der Waals surface area (Å²) in [5.74, 6) is 0.813. The predicted octanol–water partition coefficient (Wildman–Crippen LogP) is 1.61. The number of likely N-dealkylation sites (tertiary alicyclic amines) is 1. The summed E-state index contributed by atoms with van der Waals surface area (Å²) in [6, 6.07) is 2.31. The van der Waals surface area contributed by atoms with Crippen LogP contribution in [0, 0.1) is 13.8 Å². The van der Waals surface area contributed by atoms with E-state index in [2.05, 4.69) is 15.1 Å². The summed E-state index contributed by atoms with van der Waals surface area (Å²) in [5.41, 5.74) is 1.92. The molecule has 2 aliphatic rings. The monoisotopic (exact) mass is 347 g/mol. The Balaban J connectivity index is 1.49. The molecule has 1 amide bonds. The first-order chi connectivity index (χ1) is 11.6. The maximum absolute atomic E-state index is 12.7. The third kappa shape index (κ3) is 2.88. The highest BCUT2D eigenvalue weighted by molar-refractivity contribution is 8.00. The van der Waals surface area contributed by atoms with Crippen LogP contribution in [0.15, 0.2) is 11.2 Å². The van der Waals surface area contributed by atoms with Crippen LogP contribution in [-0.4, -0.2) is 61.4 Å². The normalized spacial score (nSPS) is 22.7. The number of amides is 1. The van der Waals surface area contributed by atoms with Gasteiger partial charge in [0.25, 0.3) is 5.78 Å². The van der Waals surface area contributed by atoms with Crippen LogP contribution in [-0.2, 0) is 9.53 Å². The quantitative estimate of drug-likeness (QED) is 0.840. The van der Waals surface area contributed by atoms with E-state index >= 15 is 0 Å². The first-order valence-corrected chi connectivity index (χ1v) is 9.26. The SMILES string of the molecule is Cc1cc(C)n2nc(S[C@H]3CCN(C4CCOCC4)C3=O)nc2n1. The number of carbonyl (C=O) groups excluding carboxylic acids is 1. The van der Waals surface area contributed by atoms with Gasteiger partial charge in [0.15, 0.2) is 0 Å². The minimum atomic E-state index is -0.0911. The minimum Gasteiger partial charge on any atom is -0.381 e. The second-order valence-corrected chi connectivity index (χ2v) is 7.59. The number of hydrogen-bond acceptors (Lipinski definition) is 6. The van der Waals surface area contributed by atoms with E-state index in [0.29, 0.717) is 17.0 Å². The Morgan fingerprint density at radius 3 is 2.79 bits per heavy atom. The van der Waals surface area contributed by atoms with E-state index in [1.165, 1.54) is 11.8 Å². The molecule has 0 bridgehead atoms. The van der Waals surface area contributed by atoms with Crippen LogP contribution in [0.3, 0.4) is 0 Å². The topological polar surface area (TPSA) is 72.6 Å². The van der Waals surface area contributed by atoms with Gasteiger partial charge in [-0.25, -0.2) is 9.50 Å². The van der Waals surface area contributed by atoms with Gasteiger partial charge in [0, 0.05) is 37.2 Å². The molecule has 24 heavy (non-hydrogen) atoms. The van der Waals surface area contributed by atoms with Gasteiger partial charge in [0.05, 0.1) is 5.25 Å². The Bertz CT molecular complexity index is 771. The maximum atomic E-state index is 12.7. The summed E-state index contributed by atoms with van der Waals surface area (Å²) in [6.45, 7) is 6.26. The molecule has 0 N–H and O–H groups in total. The van der Waals surface area contributed by atoms with Crippen molar-refractivity contribution in [2.24, 2.45) is 0 Å². The summed E-state index contributed by atoms with van der Waals surface area (Å²) in [5, 5.41) is 5.04. The number of fused-ring (bicyclic) bond motifs is 1. The Kier molecular flexibility index (Phi) is 4.17. The number of rotatable bonds is 3. The van der Waals surface area contributed by atoms with Crippen molar-refractivity contribution in [3.05, 3.63) is 17.5 Å². The van der Waals surface area contributed by atoms with Gasteiger partial charge in [-0.05, 0) is 39.2 Å². The van der Waals surface area contributed by atoms with Crippen LogP contribution in [0.2, 0.25) is 0 Å². The van der Waals surface area contributed by atoms with E-state index in [1.807, 2.05) is 24.8 Å². The predicted molar refractivity (Wildman–Crippen MR) is 90.1 cm³/mol. The fourth-order valence-electron chi connectivity index (χ4n) is 3.47. The standard InChI is InChI=1S/C16H21N5O2S/c1-10-9-11(2)21-15(17-10)18-16(19-21)24-13-3-6-20(14(13)22)12-4-7-23-8-5-12/h9,12-13H,3-8H2,1-2H3/t13-/m0/s1. The van der Waals surface area contributed by atoms with Crippen LogP contribution in [0.4, 0.5) is 0 Å². The zero-order chi connectivity index (χ0) is 16.7. The highest BCUT2D eigenvalue weighted by Crippen LogP contribution is 2.31. The summed E-state index contributed by atoms with van der Waals surface area (Å²) in [6.07, 6.45) is 2.73. The number of thioether (sulfide) groups is 1. The summed E-state index contributed by atoms with van der Waals surface area (Å²) >= 11 is 1.46. The number of hydrogen-bond donors (Lipinski definition) is 0. The Morgan fingerprint density at radius 1 is 1.21 bits per heavy atom. The molecule has 2 aromatic rings. The number of carbonyl (C=O) groups is 1. The second kappa shape index (κ2) is 6.33. The van der Waals surface area contributed by atoms with Gasteiger partial charge in [-0.1, -0.05) is 11.8 Å². The van der Waals surface area contributed by atoms with Crippen molar-refractivity contribution in [3.63, 3.8) is 0 Å². The highest BCUT2D eigenvalue weighted by atomic mass is 32.2. The zero-order valence-electron chi connectivity index (χ0n) is 13.9. The van der Waals surface area contributed by atoms with Gasteiger partial charge in [-0.2, -0.15) is 4.98 Å². The molecular formula is C16H21N5O2S. The van der Waals surface area contributed by atoms with E-state index in [9.17, 15) is 4.79 Å². The van der Waals surface area contributed by atoms with E-state index < -0.39 is 0 Å². The van der Waals surface area contributed by atoms with Gasteiger partial charge in [-0.15, -0.1) is 5.10 Å². The molecule has 4 rings (SSSR count). The number of ether oxygens (including phenoxy) is 1. The highest BCUT2D eigenvalue weighted by Gasteiger charge is 2.37. The zero-order valence-corrected chi connectivity index (χ0v) is 14.8. The molecule has 4 heterocycles. The summed E-state index contributed by atoms with van der Waals surface area (Å²) < 4.78 is 7.14. The molecule has 8 heteroatoms. The van der Waals surface area contributed by atoms with Gasteiger partial charge >= 0.3 is 0 Å². The molecule has 128 valence electrons. The summed E-state index contributed by atoms with van der Waals surface area (Å²) in [4.78, 5) is 23.7. The molecule has 0 unspecified atom stereocenters. The van der Waals surface area contributed by atoms with Crippen LogP contribution >= 0.6 is 11.8 Å². The molecule has 0 saturated carbocycles. The fourth-order valence-corrected chi connectivity index (χ4v) is 4.45. The molecule has 2 aliphatic heterocycles. The first kappa shape index (κ1) is 15.8. The average Bonchev–Trinajstić information content (AvgIpc) is 3.13. The van der Waals surface area contributed by atoms with Crippen molar-refractivity contribution in [2.45, 2.75) is 49.6 Å². The Morgan fingerprint density at radius 2 is 2.00 bits per heavy atom. The van der Waals surface area contributed by atoms with E-state index in [-0.39, 0.29) is 11.2 Å². The van der Waals surface area contributed by atoms with Gasteiger partial charge < -0.3 is 9.64 Å². The molecular weight excluding hydrogens is 326 g/mol. The minimum absolute atomic E-state index is 0.0911. The number of nitrogens with zero attached hydrogens (tertiary/aromatic N) is 5. The lowest BCUT2D eigenvalue weighted by Gasteiger charge is -2.31. The fraction of sp³-hybridized carbons (Fsp3) is 0.625. The molecule has 0 radical (unpaired) electrons. The average molecular weight is 347 g/mol. The second-order valence-electron chi connectivity index (χ2n) is 6.42. The van der Waals surface area contributed by atoms with Crippen molar-refractivity contribution >= 4 is 23.4 Å². The van der Waals surface area contributed by atoms with Crippen molar-refractivity contribution < 1.29 is 9.53 Å². The van der Waals surface area contributed by atoms with E-state index in [1.54, 1.807) is 4.52 Å². The molecule has 0 aliphatic carbocycles. The molecule has 2 aromatic heterocycles. The lowest BCUT2D eigenvalue weighted by molar-refractivity contribution is -0.130. The lowest BCUT2D eigenvalue weighted by Crippen LogP contribution is -2.41. The van der Waals surface area contributed by atoms with E-state index in [0.717, 1.165) is 50.4 Å². The third-order valence-corrected chi connectivity index (χ3v) is 5.77. The van der Waals surface area contributed by atoms with Crippen molar-refractivity contribution in [2.75, 3.05) is 19.8 Å². The van der Waals surface area contributed by atoms with Crippen molar-refractivity contribution in [1.82, 2.24) is 24.5 Å². The van der Waals surface area contributed by atoms with Crippen LogP contribution in [0.1, 0.15) is 30.7 Å². The molecule has 2 saturated heterocycles. The van der Waals surface area contributed by atoms with Crippen LogP contribution < -0.4 is 0 Å². The van der Waals surface area contributed by atoms with Gasteiger partial charge in [0.2, 0.25) is 11.1 Å². The lowest BCUT2D eigenvalue weighted by atomic mass is 10.1. The molecule has 0 aromatic carbocycles. The third-order valence-electron chi connectivity index (χ3n) is 4.67. The van der Waals surface area contributed by atoms with Crippen molar-refractivity contribution in [1.29, 1.82) is 0 Å². The van der Waals surface area contributed by atoms with Crippen LogP contribution in [0.5, 0.6) is 0 Å². The van der Waals surface area contributed by atoms with Crippen molar-refractivity contribution in [3.8, 4) is 0 Å². The maximum Gasteiger partial charge on any atom is 0.253 e. The smallest absolute Gasteiger partial charge is 0.253 e. The molecule has 2 fully saturated rings. The Labute approximate surface area is 144 Å². The molecule has 7 nitrogen and oxygen atoms in total. The van der Waals surface area contributed by atoms with E-state index in [4.69, 9.17) is 4.74 Å². The molecule has 0 spiro atoms. The van der Waals surface area contributed by atoms with Gasteiger partial charge in [-0.3, -0.25) is 4.79 Å². The van der Waals surface area contributed by atoms with Crippen LogP contribution in [0.25, 0.3) is 5.78 Å². The Hall–Kier alpha value is -1.67.